The third-order valence-corrected chi connectivity index (χ3v) is 2.97. The van der Waals surface area contributed by atoms with Gasteiger partial charge in [-0.2, -0.15) is 18.2 Å². The van der Waals surface area contributed by atoms with Crippen molar-refractivity contribution in [2.45, 2.75) is 19.5 Å². The fourth-order valence-electron chi connectivity index (χ4n) is 1.67. The SMILES string of the molecule is CCCNC(=S)Nc1nc(Oc2ccccc2)cc(C(F)(F)F)n1. The largest absolute Gasteiger partial charge is 0.439 e. The van der Waals surface area contributed by atoms with Gasteiger partial charge in [-0.15, -0.1) is 0 Å². The van der Waals surface area contributed by atoms with Crippen LogP contribution in [0.25, 0.3) is 0 Å². The zero-order valence-corrected chi connectivity index (χ0v) is 13.5. The second kappa shape index (κ2) is 7.91. The Hall–Kier alpha value is -2.42. The van der Waals surface area contributed by atoms with Crippen LogP contribution in [0, 0.1) is 0 Å². The van der Waals surface area contributed by atoms with Crippen molar-refractivity contribution in [3.63, 3.8) is 0 Å². The predicted octanol–water partition coefficient (Wildman–Crippen LogP) is 3.98. The average Bonchev–Trinajstić information content (AvgIpc) is 2.53. The Bertz CT molecular complexity index is 695. The van der Waals surface area contributed by atoms with Crippen LogP contribution in [-0.4, -0.2) is 21.6 Å². The Labute approximate surface area is 142 Å². The number of nitrogens with one attached hydrogen (secondary N) is 2. The van der Waals surface area contributed by atoms with Gasteiger partial charge in [-0.3, -0.25) is 0 Å². The van der Waals surface area contributed by atoms with Gasteiger partial charge < -0.3 is 15.4 Å². The summed E-state index contributed by atoms with van der Waals surface area (Å²) in [6.45, 7) is 2.51. The molecule has 0 bridgehead atoms. The molecule has 0 amide bonds. The molecule has 24 heavy (non-hydrogen) atoms. The van der Waals surface area contributed by atoms with Crippen LogP contribution < -0.4 is 15.4 Å². The van der Waals surface area contributed by atoms with Gasteiger partial charge in [0.15, 0.2) is 10.8 Å². The van der Waals surface area contributed by atoms with E-state index in [1.54, 1.807) is 30.3 Å². The summed E-state index contributed by atoms with van der Waals surface area (Å²) in [5, 5.41) is 5.50. The van der Waals surface area contributed by atoms with Gasteiger partial charge in [0.25, 0.3) is 0 Å². The molecular weight excluding hydrogens is 341 g/mol. The van der Waals surface area contributed by atoms with Crippen LogP contribution in [0.5, 0.6) is 11.6 Å². The van der Waals surface area contributed by atoms with Gasteiger partial charge in [-0.25, -0.2) is 4.98 Å². The number of nitrogens with zero attached hydrogens (tertiary/aromatic N) is 2. The Balaban J connectivity index is 2.26. The number of anilines is 1. The van der Waals surface area contributed by atoms with E-state index < -0.39 is 11.9 Å². The van der Waals surface area contributed by atoms with Gasteiger partial charge in [0, 0.05) is 12.6 Å². The summed E-state index contributed by atoms with van der Waals surface area (Å²) < 4.78 is 44.4. The second-order valence-corrected chi connectivity index (χ2v) is 5.12. The van der Waals surface area contributed by atoms with Crippen molar-refractivity contribution in [2.75, 3.05) is 11.9 Å². The van der Waals surface area contributed by atoms with Crippen molar-refractivity contribution < 1.29 is 17.9 Å². The molecule has 0 aliphatic heterocycles. The maximum Gasteiger partial charge on any atom is 0.433 e. The standard InChI is InChI=1S/C15H15F3N4OS/c1-2-8-19-14(24)22-13-20-11(15(16,17)18)9-12(21-13)23-10-6-4-3-5-7-10/h3-7,9H,2,8H2,1H3,(H2,19,20,21,22,24). The molecule has 0 aliphatic carbocycles. The maximum atomic E-state index is 13.0. The number of rotatable bonds is 5. The molecule has 0 aliphatic rings. The fraction of sp³-hybridized carbons (Fsp3) is 0.267. The number of hydrogen-bond donors (Lipinski definition) is 2. The Morgan fingerprint density at radius 1 is 1.21 bits per heavy atom. The van der Waals surface area contributed by atoms with Gasteiger partial charge in [0.1, 0.15) is 5.75 Å². The van der Waals surface area contributed by atoms with Crippen molar-refractivity contribution in [1.29, 1.82) is 0 Å². The number of aromatic nitrogens is 2. The molecule has 1 aromatic carbocycles. The number of ether oxygens (including phenoxy) is 1. The third-order valence-electron chi connectivity index (χ3n) is 2.72. The lowest BCUT2D eigenvalue weighted by Crippen LogP contribution is -2.30. The highest BCUT2D eigenvalue weighted by Gasteiger charge is 2.34. The van der Waals surface area contributed by atoms with Crippen molar-refractivity contribution in [3.8, 4) is 11.6 Å². The molecule has 0 unspecified atom stereocenters. The van der Waals surface area contributed by atoms with E-state index in [4.69, 9.17) is 17.0 Å². The van der Waals surface area contributed by atoms with E-state index in [9.17, 15) is 13.2 Å². The van der Waals surface area contributed by atoms with Crippen LogP contribution in [0.3, 0.4) is 0 Å². The molecule has 128 valence electrons. The van der Waals surface area contributed by atoms with Crippen LogP contribution >= 0.6 is 12.2 Å². The zero-order chi connectivity index (χ0) is 17.6. The molecular formula is C15H15F3N4OS. The fourth-order valence-corrected chi connectivity index (χ4v) is 1.87. The molecule has 0 fully saturated rings. The molecule has 0 spiro atoms. The summed E-state index contributed by atoms with van der Waals surface area (Å²) in [5.41, 5.74) is -1.12. The lowest BCUT2D eigenvalue weighted by Gasteiger charge is -2.13. The molecule has 5 nitrogen and oxygen atoms in total. The van der Waals surface area contributed by atoms with Crippen LogP contribution in [0.15, 0.2) is 36.4 Å². The molecule has 0 radical (unpaired) electrons. The first-order valence-corrected chi connectivity index (χ1v) is 7.53. The summed E-state index contributed by atoms with van der Waals surface area (Å²) in [7, 11) is 0. The number of para-hydroxylation sites is 1. The molecule has 1 heterocycles. The van der Waals surface area contributed by atoms with Crippen molar-refractivity contribution in [2.24, 2.45) is 0 Å². The van der Waals surface area contributed by atoms with Crippen LogP contribution in [0.2, 0.25) is 0 Å². The Kier molecular flexibility index (Phi) is 5.91. The lowest BCUT2D eigenvalue weighted by atomic mass is 10.3. The van der Waals surface area contributed by atoms with Crippen LogP contribution in [0.4, 0.5) is 19.1 Å². The Morgan fingerprint density at radius 3 is 2.54 bits per heavy atom. The van der Waals surface area contributed by atoms with E-state index in [0.717, 1.165) is 12.5 Å². The van der Waals surface area contributed by atoms with E-state index in [1.807, 2.05) is 6.92 Å². The Morgan fingerprint density at radius 2 is 1.92 bits per heavy atom. The zero-order valence-electron chi connectivity index (χ0n) is 12.7. The van der Waals surface area contributed by atoms with Gasteiger partial charge in [0.2, 0.25) is 11.8 Å². The predicted molar refractivity (Wildman–Crippen MR) is 88.1 cm³/mol. The average molecular weight is 356 g/mol. The number of alkyl halides is 3. The molecule has 2 aromatic rings. The first-order valence-electron chi connectivity index (χ1n) is 7.12. The maximum absolute atomic E-state index is 13.0. The first kappa shape index (κ1) is 17.9. The smallest absolute Gasteiger partial charge is 0.433 e. The molecule has 0 saturated carbocycles. The summed E-state index contributed by atoms with van der Waals surface area (Å²) in [5.74, 6) is -0.157. The highest BCUT2D eigenvalue weighted by Crippen LogP contribution is 2.31. The molecule has 0 saturated heterocycles. The molecule has 0 atom stereocenters. The molecule has 9 heteroatoms. The monoisotopic (exact) mass is 356 g/mol. The van der Waals surface area contributed by atoms with E-state index in [0.29, 0.717) is 12.3 Å². The minimum absolute atomic E-state index is 0.141. The van der Waals surface area contributed by atoms with Crippen molar-refractivity contribution in [1.82, 2.24) is 15.3 Å². The topological polar surface area (TPSA) is 59.1 Å². The van der Waals surface area contributed by atoms with Gasteiger partial charge >= 0.3 is 6.18 Å². The summed E-state index contributed by atoms with van der Waals surface area (Å²) in [6, 6.07) is 9.11. The quantitative estimate of drug-likeness (QED) is 0.790. The normalized spacial score (nSPS) is 11.0. The number of thiocarbonyl (C=S) groups is 1. The highest BCUT2D eigenvalue weighted by atomic mass is 32.1. The van der Waals surface area contributed by atoms with E-state index in [2.05, 4.69) is 20.6 Å². The highest BCUT2D eigenvalue weighted by molar-refractivity contribution is 7.80. The van der Waals surface area contributed by atoms with Crippen LogP contribution in [0.1, 0.15) is 19.0 Å². The van der Waals surface area contributed by atoms with E-state index in [1.165, 1.54) is 0 Å². The second-order valence-electron chi connectivity index (χ2n) is 4.71. The first-order chi connectivity index (χ1) is 11.4. The van der Waals surface area contributed by atoms with Crippen molar-refractivity contribution in [3.05, 3.63) is 42.1 Å². The summed E-state index contributed by atoms with van der Waals surface area (Å²) in [4.78, 5) is 7.36. The van der Waals surface area contributed by atoms with E-state index in [-0.39, 0.29) is 16.9 Å². The van der Waals surface area contributed by atoms with Gasteiger partial charge in [0.05, 0.1) is 0 Å². The van der Waals surface area contributed by atoms with Crippen molar-refractivity contribution >= 4 is 23.3 Å². The molecule has 1 aromatic heterocycles. The van der Waals surface area contributed by atoms with Gasteiger partial charge in [-0.1, -0.05) is 25.1 Å². The minimum atomic E-state index is -4.63. The lowest BCUT2D eigenvalue weighted by molar-refractivity contribution is -0.141. The molecule has 2 N–H and O–H groups in total. The third kappa shape index (κ3) is 5.34. The van der Waals surface area contributed by atoms with Gasteiger partial charge in [-0.05, 0) is 30.8 Å². The molecule has 2 rings (SSSR count). The number of benzene rings is 1. The summed E-state index contributed by atoms with van der Waals surface area (Å²) in [6.07, 6.45) is -3.82. The van der Waals surface area contributed by atoms with E-state index >= 15 is 0 Å². The summed E-state index contributed by atoms with van der Waals surface area (Å²) >= 11 is 4.99. The number of halogens is 3. The number of hydrogen-bond acceptors (Lipinski definition) is 4. The van der Waals surface area contributed by atoms with Crippen LogP contribution in [-0.2, 0) is 6.18 Å². The minimum Gasteiger partial charge on any atom is -0.439 e.